The van der Waals surface area contributed by atoms with E-state index in [0.717, 1.165) is 21.8 Å². The summed E-state index contributed by atoms with van der Waals surface area (Å²) < 4.78 is 5.82. The van der Waals surface area contributed by atoms with E-state index in [1.54, 1.807) is 0 Å². The fourth-order valence-electron chi connectivity index (χ4n) is 1.33. The second-order valence-electron chi connectivity index (χ2n) is 3.86. The zero-order valence-corrected chi connectivity index (χ0v) is 12.6. The van der Waals surface area contributed by atoms with Gasteiger partial charge in [0.25, 0.3) is 0 Å². The summed E-state index contributed by atoms with van der Waals surface area (Å²) in [5.74, 6) is -0.252. The van der Waals surface area contributed by atoms with Crippen molar-refractivity contribution in [1.29, 1.82) is 0 Å². The molecule has 1 aromatic rings. The minimum absolute atomic E-state index is 0.252. The normalized spacial score (nSPS) is 12.8. The van der Waals surface area contributed by atoms with Crippen LogP contribution in [0.3, 0.4) is 0 Å². The predicted molar refractivity (Wildman–Crippen MR) is 73.3 cm³/mol. The fraction of sp³-hybridized carbons (Fsp3) is 0.545. The minimum atomic E-state index is -0.378. The number of nitrogens with zero attached hydrogens (tertiary/aromatic N) is 1. The van der Waals surface area contributed by atoms with Crippen molar-refractivity contribution in [2.75, 3.05) is 34.3 Å². The average Bonchev–Trinajstić information content (AvgIpc) is 2.69. The van der Waals surface area contributed by atoms with E-state index in [4.69, 9.17) is 4.74 Å². The fourth-order valence-corrected chi connectivity index (χ4v) is 2.82. The molecule has 0 aliphatic heterocycles. The Morgan fingerprint density at radius 2 is 2.29 bits per heavy atom. The van der Waals surface area contributed by atoms with E-state index in [1.165, 1.54) is 18.4 Å². The number of likely N-dealkylation sites (N-methyl/N-ethyl adjacent to an activating group) is 1. The largest absolute Gasteiger partial charge is 0.468 e. The van der Waals surface area contributed by atoms with E-state index in [9.17, 15) is 4.79 Å². The molecule has 1 aromatic heterocycles. The summed E-state index contributed by atoms with van der Waals surface area (Å²) in [4.78, 5) is 14.7. The molecule has 0 fully saturated rings. The van der Waals surface area contributed by atoms with Gasteiger partial charge in [0, 0.05) is 18.0 Å². The van der Waals surface area contributed by atoms with Crippen LogP contribution in [0.5, 0.6) is 0 Å². The molecule has 1 heterocycles. The van der Waals surface area contributed by atoms with Crippen LogP contribution < -0.4 is 5.32 Å². The zero-order chi connectivity index (χ0) is 12.8. The van der Waals surface area contributed by atoms with Gasteiger partial charge in [-0.05, 0) is 42.2 Å². The summed E-state index contributed by atoms with van der Waals surface area (Å²) in [6, 6.07) is 3.49. The molecule has 0 aromatic carbocycles. The van der Waals surface area contributed by atoms with Crippen LogP contribution in [0.25, 0.3) is 0 Å². The molecule has 0 spiro atoms. The summed E-state index contributed by atoms with van der Waals surface area (Å²) >= 11 is 4.93. The van der Waals surface area contributed by atoms with E-state index in [0.29, 0.717) is 0 Å². The molecule has 96 valence electrons. The standard InChI is InChI=1S/C11H17BrN2O2S/c1-14(2)7-6-13-10(11(15)16-3)8-4-5-9(12)17-8/h4-5,10,13H,6-7H2,1-3H3. The maximum atomic E-state index is 11.7. The van der Waals surface area contributed by atoms with E-state index in [2.05, 4.69) is 26.1 Å². The van der Waals surface area contributed by atoms with E-state index >= 15 is 0 Å². The van der Waals surface area contributed by atoms with Gasteiger partial charge in [-0.2, -0.15) is 0 Å². The number of hydrogen-bond acceptors (Lipinski definition) is 5. The van der Waals surface area contributed by atoms with Crippen molar-refractivity contribution in [3.05, 3.63) is 20.8 Å². The Kier molecular flexibility index (Phi) is 6.11. The van der Waals surface area contributed by atoms with Gasteiger partial charge in [-0.1, -0.05) is 0 Å². The molecular formula is C11H17BrN2O2S. The van der Waals surface area contributed by atoms with Crippen LogP contribution in [0.1, 0.15) is 10.9 Å². The van der Waals surface area contributed by atoms with E-state index in [-0.39, 0.29) is 12.0 Å². The third-order valence-corrected chi connectivity index (χ3v) is 3.91. The highest BCUT2D eigenvalue weighted by atomic mass is 79.9. The predicted octanol–water partition coefficient (Wildman–Crippen LogP) is 1.88. The third-order valence-electron chi connectivity index (χ3n) is 2.22. The number of carbonyl (C=O) groups is 1. The second-order valence-corrected chi connectivity index (χ2v) is 6.35. The summed E-state index contributed by atoms with van der Waals surface area (Å²) in [6.07, 6.45) is 0. The first kappa shape index (κ1) is 14.6. The zero-order valence-electron chi connectivity index (χ0n) is 10.2. The number of methoxy groups -OCH3 is 1. The first-order valence-electron chi connectivity index (χ1n) is 5.25. The SMILES string of the molecule is COC(=O)C(NCCN(C)C)c1ccc(Br)s1. The lowest BCUT2D eigenvalue weighted by Crippen LogP contribution is -2.34. The van der Waals surface area contributed by atoms with Crippen LogP contribution >= 0.6 is 27.3 Å². The molecular weight excluding hydrogens is 304 g/mol. The second kappa shape index (κ2) is 7.10. The van der Waals surface area contributed by atoms with Gasteiger partial charge in [0.1, 0.15) is 6.04 Å². The molecule has 17 heavy (non-hydrogen) atoms. The van der Waals surface area contributed by atoms with Gasteiger partial charge in [0.05, 0.1) is 10.9 Å². The van der Waals surface area contributed by atoms with Crippen LogP contribution in [-0.2, 0) is 9.53 Å². The number of halogens is 1. The molecule has 1 rings (SSSR count). The highest BCUT2D eigenvalue weighted by Gasteiger charge is 2.22. The molecule has 4 nitrogen and oxygen atoms in total. The van der Waals surface area contributed by atoms with Crippen molar-refractivity contribution in [3.8, 4) is 0 Å². The molecule has 6 heteroatoms. The number of nitrogens with one attached hydrogen (secondary N) is 1. The van der Waals surface area contributed by atoms with Crippen molar-refractivity contribution in [1.82, 2.24) is 10.2 Å². The number of thiophene rings is 1. The van der Waals surface area contributed by atoms with Crippen LogP contribution in [0, 0.1) is 0 Å². The molecule has 0 radical (unpaired) electrons. The van der Waals surface area contributed by atoms with Gasteiger partial charge in [0.15, 0.2) is 0 Å². The maximum Gasteiger partial charge on any atom is 0.328 e. The van der Waals surface area contributed by atoms with Crippen molar-refractivity contribution >= 4 is 33.2 Å². The number of hydrogen-bond donors (Lipinski definition) is 1. The van der Waals surface area contributed by atoms with Gasteiger partial charge in [0.2, 0.25) is 0 Å². The number of rotatable bonds is 6. The van der Waals surface area contributed by atoms with Crippen molar-refractivity contribution in [2.45, 2.75) is 6.04 Å². The van der Waals surface area contributed by atoms with Gasteiger partial charge < -0.3 is 9.64 Å². The van der Waals surface area contributed by atoms with Crippen LogP contribution in [0.4, 0.5) is 0 Å². The van der Waals surface area contributed by atoms with Gasteiger partial charge in [-0.3, -0.25) is 5.32 Å². The number of ether oxygens (including phenoxy) is 1. The Morgan fingerprint density at radius 1 is 1.59 bits per heavy atom. The van der Waals surface area contributed by atoms with Gasteiger partial charge in [-0.15, -0.1) is 11.3 Å². The molecule has 0 bridgehead atoms. The van der Waals surface area contributed by atoms with Crippen LogP contribution in [0.2, 0.25) is 0 Å². The summed E-state index contributed by atoms with van der Waals surface area (Å²) in [7, 11) is 5.40. The Hall–Kier alpha value is -0.430. The Morgan fingerprint density at radius 3 is 2.76 bits per heavy atom. The van der Waals surface area contributed by atoms with Crippen molar-refractivity contribution in [3.63, 3.8) is 0 Å². The highest BCUT2D eigenvalue weighted by Crippen LogP contribution is 2.27. The maximum absolute atomic E-state index is 11.7. The lowest BCUT2D eigenvalue weighted by atomic mass is 10.2. The topological polar surface area (TPSA) is 41.6 Å². The Labute approximate surface area is 114 Å². The third kappa shape index (κ3) is 4.75. The van der Waals surface area contributed by atoms with Crippen LogP contribution in [0.15, 0.2) is 15.9 Å². The first-order chi connectivity index (χ1) is 8.04. The molecule has 0 saturated heterocycles. The smallest absolute Gasteiger partial charge is 0.328 e. The lowest BCUT2D eigenvalue weighted by molar-refractivity contribution is -0.143. The number of carbonyl (C=O) groups excluding carboxylic acids is 1. The van der Waals surface area contributed by atoms with E-state index < -0.39 is 0 Å². The van der Waals surface area contributed by atoms with E-state index in [1.807, 2.05) is 26.2 Å². The molecule has 0 amide bonds. The molecule has 1 atom stereocenters. The van der Waals surface area contributed by atoms with Crippen LogP contribution in [-0.4, -0.2) is 45.2 Å². The average molecular weight is 321 g/mol. The van der Waals surface area contributed by atoms with Gasteiger partial charge in [-0.25, -0.2) is 4.79 Å². The first-order valence-corrected chi connectivity index (χ1v) is 6.86. The highest BCUT2D eigenvalue weighted by molar-refractivity contribution is 9.11. The quantitative estimate of drug-likeness (QED) is 0.813. The Bertz CT molecular complexity index is 368. The summed E-state index contributed by atoms with van der Waals surface area (Å²) in [5.41, 5.74) is 0. The molecule has 0 aliphatic rings. The summed E-state index contributed by atoms with van der Waals surface area (Å²) in [6.45, 7) is 1.61. The molecule has 1 N–H and O–H groups in total. The Balaban J connectivity index is 2.64. The minimum Gasteiger partial charge on any atom is -0.468 e. The van der Waals surface area contributed by atoms with Crippen molar-refractivity contribution in [2.24, 2.45) is 0 Å². The monoisotopic (exact) mass is 320 g/mol. The molecule has 0 aliphatic carbocycles. The molecule has 1 unspecified atom stereocenters. The lowest BCUT2D eigenvalue weighted by Gasteiger charge is -2.16. The van der Waals surface area contributed by atoms with Gasteiger partial charge >= 0.3 is 5.97 Å². The molecule has 0 saturated carbocycles. The number of esters is 1. The summed E-state index contributed by atoms with van der Waals surface area (Å²) in [5, 5.41) is 3.20. The van der Waals surface area contributed by atoms with Crippen molar-refractivity contribution < 1.29 is 9.53 Å².